The van der Waals surface area contributed by atoms with E-state index in [4.69, 9.17) is 0 Å². The SMILES string of the molecule is CCCN(CC)CC1(COF)CC1. The maximum atomic E-state index is 11.8. The van der Waals surface area contributed by atoms with Gasteiger partial charge in [0.1, 0.15) is 0 Å². The molecule has 0 amide bonds. The molecule has 0 aromatic heterocycles. The summed E-state index contributed by atoms with van der Waals surface area (Å²) in [6.07, 6.45) is 3.41. The van der Waals surface area contributed by atoms with Crippen LogP contribution >= 0.6 is 0 Å². The lowest BCUT2D eigenvalue weighted by molar-refractivity contribution is -0.151. The van der Waals surface area contributed by atoms with Crippen molar-refractivity contribution in [3.05, 3.63) is 0 Å². The number of hydrogen-bond acceptors (Lipinski definition) is 2. The number of hydrogen-bond donors (Lipinski definition) is 0. The zero-order chi connectivity index (χ0) is 9.73. The van der Waals surface area contributed by atoms with Crippen molar-refractivity contribution < 1.29 is 9.47 Å². The van der Waals surface area contributed by atoms with E-state index in [9.17, 15) is 4.53 Å². The fourth-order valence-electron chi connectivity index (χ4n) is 1.78. The summed E-state index contributed by atoms with van der Waals surface area (Å²) < 4.78 is 11.8. The fraction of sp³-hybridized carbons (Fsp3) is 1.00. The van der Waals surface area contributed by atoms with Gasteiger partial charge in [0.15, 0.2) is 0 Å². The Morgan fingerprint density at radius 2 is 2.08 bits per heavy atom. The third-order valence-corrected chi connectivity index (χ3v) is 2.86. The molecule has 3 heteroatoms. The first-order chi connectivity index (χ1) is 6.26. The Morgan fingerprint density at radius 1 is 1.38 bits per heavy atom. The molecule has 0 aromatic rings. The molecule has 2 nitrogen and oxygen atoms in total. The van der Waals surface area contributed by atoms with Gasteiger partial charge in [-0.2, -0.15) is 4.94 Å². The zero-order valence-corrected chi connectivity index (χ0v) is 8.68. The molecular weight excluding hydrogens is 169 g/mol. The van der Waals surface area contributed by atoms with Crippen molar-refractivity contribution in [1.82, 2.24) is 4.90 Å². The maximum Gasteiger partial charge on any atom is 0.0944 e. The molecule has 0 N–H and O–H groups in total. The van der Waals surface area contributed by atoms with Gasteiger partial charge in [-0.3, -0.25) is 0 Å². The molecule has 0 heterocycles. The predicted molar refractivity (Wildman–Crippen MR) is 51.1 cm³/mol. The molecule has 0 aromatic carbocycles. The highest BCUT2D eigenvalue weighted by atomic mass is 19.3. The molecule has 0 spiro atoms. The highest BCUT2D eigenvalue weighted by Gasteiger charge is 2.44. The lowest BCUT2D eigenvalue weighted by atomic mass is 10.1. The zero-order valence-electron chi connectivity index (χ0n) is 8.68. The van der Waals surface area contributed by atoms with Crippen LogP contribution in [0.3, 0.4) is 0 Å². The second kappa shape index (κ2) is 4.91. The van der Waals surface area contributed by atoms with Crippen LogP contribution in [-0.4, -0.2) is 31.1 Å². The number of halogens is 1. The molecule has 1 saturated carbocycles. The summed E-state index contributed by atoms with van der Waals surface area (Å²) in [7, 11) is 0. The van der Waals surface area contributed by atoms with Gasteiger partial charge in [0.2, 0.25) is 0 Å². The van der Waals surface area contributed by atoms with Gasteiger partial charge in [0.25, 0.3) is 0 Å². The molecule has 13 heavy (non-hydrogen) atoms. The van der Waals surface area contributed by atoms with Crippen molar-refractivity contribution in [3.8, 4) is 0 Å². The molecule has 0 radical (unpaired) electrons. The highest BCUT2D eigenvalue weighted by molar-refractivity contribution is 4.95. The fourth-order valence-corrected chi connectivity index (χ4v) is 1.78. The van der Waals surface area contributed by atoms with Gasteiger partial charge in [-0.15, -0.1) is 0 Å². The Labute approximate surface area is 80.0 Å². The van der Waals surface area contributed by atoms with E-state index in [1.54, 1.807) is 0 Å². The first-order valence-corrected chi connectivity index (χ1v) is 5.22. The Bertz CT molecular complexity index is 148. The van der Waals surface area contributed by atoms with E-state index >= 15 is 0 Å². The smallest absolute Gasteiger partial charge is 0.0944 e. The van der Waals surface area contributed by atoms with Crippen LogP contribution in [0, 0.1) is 5.41 Å². The Hall–Kier alpha value is -0.150. The van der Waals surface area contributed by atoms with Gasteiger partial charge in [-0.25, -0.2) is 0 Å². The normalized spacial score (nSPS) is 19.4. The molecule has 0 bridgehead atoms. The molecule has 1 aliphatic rings. The van der Waals surface area contributed by atoms with Crippen molar-refractivity contribution in [3.63, 3.8) is 0 Å². The molecule has 0 saturated heterocycles. The summed E-state index contributed by atoms with van der Waals surface area (Å²) in [5.74, 6) is 0. The van der Waals surface area contributed by atoms with Crippen LogP contribution in [0.5, 0.6) is 0 Å². The maximum absolute atomic E-state index is 11.8. The van der Waals surface area contributed by atoms with Gasteiger partial charge < -0.3 is 4.90 Å². The first-order valence-electron chi connectivity index (χ1n) is 5.22. The van der Waals surface area contributed by atoms with E-state index < -0.39 is 0 Å². The predicted octanol–water partition coefficient (Wildman–Crippen LogP) is 2.40. The van der Waals surface area contributed by atoms with Gasteiger partial charge in [0.05, 0.1) is 6.61 Å². The minimum Gasteiger partial charge on any atom is -0.303 e. The van der Waals surface area contributed by atoms with E-state index in [-0.39, 0.29) is 12.0 Å². The summed E-state index contributed by atoms with van der Waals surface area (Å²) in [5, 5.41) is 0. The third-order valence-electron chi connectivity index (χ3n) is 2.86. The molecule has 78 valence electrons. The van der Waals surface area contributed by atoms with E-state index in [0.29, 0.717) is 0 Å². The summed E-state index contributed by atoms with van der Waals surface area (Å²) in [4.78, 5) is 6.15. The van der Waals surface area contributed by atoms with E-state index in [0.717, 1.165) is 32.5 Å². The monoisotopic (exact) mass is 189 g/mol. The van der Waals surface area contributed by atoms with Crippen molar-refractivity contribution >= 4 is 0 Å². The lowest BCUT2D eigenvalue weighted by Gasteiger charge is -2.24. The first kappa shape index (κ1) is 10.9. The van der Waals surface area contributed by atoms with E-state index in [1.807, 2.05) is 0 Å². The van der Waals surface area contributed by atoms with Crippen molar-refractivity contribution in [1.29, 1.82) is 0 Å². The third kappa shape index (κ3) is 3.24. The Kier molecular flexibility index (Phi) is 4.13. The molecule has 1 fully saturated rings. The molecular formula is C10H20FNO. The van der Waals surface area contributed by atoms with Gasteiger partial charge in [-0.05, 0) is 36.9 Å². The van der Waals surface area contributed by atoms with Crippen LogP contribution in [0.1, 0.15) is 33.1 Å². The van der Waals surface area contributed by atoms with Crippen LogP contribution in [0.2, 0.25) is 0 Å². The minimum absolute atomic E-state index is 0.153. The Balaban J connectivity index is 2.27. The van der Waals surface area contributed by atoms with Crippen molar-refractivity contribution in [2.45, 2.75) is 33.1 Å². The lowest BCUT2D eigenvalue weighted by Crippen LogP contribution is -2.32. The highest BCUT2D eigenvalue weighted by Crippen LogP contribution is 2.46. The quantitative estimate of drug-likeness (QED) is 0.609. The van der Waals surface area contributed by atoms with Crippen LogP contribution < -0.4 is 0 Å². The minimum atomic E-state index is 0.153. The van der Waals surface area contributed by atoms with Gasteiger partial charge >= 0.3 is 0 Å². The molecule has 0 atom stereocenters. The van der Waals surface area contributed by atoms with Crippen molar-refractivity contribution in [2.75, 3.05) is 26.2 Å². The Morgan fingerprint density at radius 3 is 2.46 bits per heavy atom. The second-order valence-electron chi connectivity index (χ2n) is 4.12. The van der Waals surface area contributed by atoms with E-state index in [1.165, 1.54) is 6.42 Å². The molecule has 0 aliphatic heterocycles. The molecule has 0 unspecified atom stereocenters. The summed E-state index contributed by atoms with van der Waals surface area (Å²) in [6, 6.07) is 0. The van der Waals surface area contributed by atoms with Crippen LogP contribution in [0.4, 0.5) is 4.53 Å². The topological polar surface area (TPSA) is 12.5 Å². The van der Waals surface area contributed by atoms with Gasteiger partial charge in [0, 0.05) is 12.0 Å². The summed E-state index contributed by atoms with van der Waals surface area (Å²) in [6.45, 7) is 7.79. The second-order valence-corrected chi connectivity index (χ2v) is 4.12. The van der Waals surface area contributed by atoms with Crippen LogP contribution in [-0.2, 0) is 4.94 Å². The largest absolute Gasteiger partial charge is 0.303 e. The average Bonchev–Trinajstić information content (AvgIpc) is 2.85. The van der Waals surface area contributed by atoms with Gasteiger partial charge in [-0.1, -0.05) is 13.8 Å². The van der Waals surface area contributed by atoms with Crippen LogP contribution in [0.25, 0.3) is 0 Å². The van der Waals surface area contributed by atoms with E-state index in [2.05, 4.69) is 23.7 Å². The standard InChI is InChI=1S/C10H20FNO/c1-3-7-12(4-2)8-10(5-6-10)9-13-11/h3-9H2,1-2H3. The average molecular weight is 189 g/mol. The molecule has 1 aliphatic carbocycles. The number of nitrogens with zero attached hydrogens (tertiary/aromatic N) is 1. The number of rotatable bonds is 7. The summed E-state index contributed by atoms with van der Waals surface area (Å²) in [5.41, 5.74) is 0.153. The summed E-state index contributed by atoms with van der Waals surface area (Å²) >= 11 is 0. The van der Waals surface area contributed by atoms with Crippen LogP contribution in [0.15, 0.2) is 0 Å². The van der Waals surface area contributed by atoms with Crippen molar-refractivity contribution in [2.24, 2.45) is 5.41 Å². The molecule has 1 rings (SSSR count).